The highest BCUT2D eigenvalue weighted by molar-refractivity contribution is 5.87. The van der Waals surface area contributed by atoms with E-state index >= 15 is 0 Å². The standard InChI is InChI=1S/C11H14N2O4/c12-9(14)3-1-2-6-13-7-8(11(16)17)4-5-10(13)15/h4-5,7H,1-3,6H2,(H2,12,14)(H,16,17). The first-order valence-electron chi connectivity index (χ1n) is 5.23. The number of aromatic nitrogens is 1. The second-order valence-electron chi connectivity index (χ2n) is 3.68. The number of carboxylic acid groups (broad SMARTS) is 1. The first-order valence-corrected chi connectivity index (χ1v) is 5.23. The second-order valence-corrected chi connectivity index (χ2v) is 3.68. The van der Waals surface area contributed by atoms with Crippen molar-refractivity contribution in [1.82, 2.24) is 4.57 Å². The first kappa shape index (κ1) is 13.0. The van der Waals surface area contributed by atoms with Gasteiger partial charge in [-0.05, 0) is 18.9 Å². The van der Waals surface area contributed by atoms with Gasteiger partial charge in [-0.25, -0.2) is 4.79 Å². The summed E-state index contributed by atoms with van der Waals surface area (Å²) in [6.45, 7) is 0.382. The Morgan fingerprint density at radius 3 is 2.59 bits per heavy atom. The number of aromatic carboxylic acids is 1. The second kappa shape index (κ2) is 5.83. The Bertz CT molecular complexity index is 479. The smallest absolute Gasteiger partial charge is 0.337 e. The van der Waals surface area contributed by atoms with E-state index in [-0.39, 0.29) is 23.5 Å². The van der Waals surface area contributed by atoms with Crippen LogP contribution >= 0.6 is 0 Å². The van der Waals surface area contributed by atoms with Crippen LogP contribution in [0.1, 0.15) is 29.6 Å². The zero-order valence-electron chi connectivity index (χ0n) is 9.26. The fraction of sp³-hybridized carbons (Fsp3) is 0.364. The van der Waals surface area contributed by atoms with Gasteiger partial charge < -0.3 is 15.4 Å². The summed E-state index contributed by atoms with van der Waals surface area (Å²) in [4.78, 5) is 32.6. The van der Waals surface area contributed by atoms with Crippen LogP contribution in [0.5, 0.6) is 0 Å². The third-order valence-corrected chi connectivity index (χ3v) is 2.30. The van der Waals surface area contributed by atoms with Crippen LogP contribution in [0.25, 0.3) is 0 Å². The quantitative estimate of drug-likeness (QED) is 0.691. The van der Waals surface area contributed by atoms with E-state index in [4.69, 9.17) is 10.8 Å². The third kappa shape index (κ3) is 4.10. The van der Waals surface area contributed by atoms with Crippen molar-refractivity contribution >= 4 is 11.9 Å². The molecular weight excluding hydrogens is 224 g/mol. The molecule has 0 spiro atoms. The average molecular weight is 238 g/mol. The molecule has 1 aromatic rings. The summed E-state index contributed by atoms with van der Waals surface area (Å²) in [5.41, 5.74) is 4.79. The van der Waals surface area contributed by atoms with Crippen molar-refractivity contribution < 1.29 is 14.7 Å². The van der Waals surface area contributed by atoms with Gasteiger partial charge in [0.15, 0.2) is 0 Å². The molecule has 1 heterocycles. The molecule has 0 unspecified atom stereocenters. The Morgan fingerprint density at radius 1 is 1.29 bits per heavy atom. The number of nitrogens with zero attached hydrogens (tertiary/aromatic N) is 1. The van der Waals surface area contributed by atoms with Crippen molar-refractivity contribution in [2.75, 3.05) is 0 Å². The van der Waals surface area contributed by atoms with Gasteiger partial charge in [-0.3, -0.25) is 9.59 Å². The van der Waals surface area contributed by atoms with Gasteiger partial charge in [-0.15, -0.1) is 0 Å². The Hall–Kier alpha value is -2.11. The maximum atomic E-state index is 11.4. The lowest BCUT2D eigenvalue weighted by Crippen LogP contribution is -2.20. The number of aryl methyl sites for hydroxylation is 1. The molecule has 0 radical (unpaired) electrons. The highest BCUT2D eigenvalue weighted by Gasteiger charge is 2.05. The molecule has 0 aliphatic rings. The molecule has 1 aromatic heterocycles. The summed E-state index contributed by atoms with van der Waals surface area (Å²) < 4.78 is 1.32. The zero-order chi connectivity index (χ0) is 12.8. The van der Waals surface area contributed by atoms with Crippen LogP contribution in [0.3, 0.4) is 0 Å². The van der Waals surface area contributed by atoms with Crippen molar-refractivity contribution in [2.24, 2.45) is 5.73 Å². The van der Waals surface area contributed by atoms with Crippen LogP contribution in [-0.2, 0) is 11.3 Å². The molecular formula is C11H14N2O4. The Balaban J connectivity index is 2.64. The maximum Gasteiger partial charge on any atom is 0.337 e. The lowest BCUT2D eigenvalue weighted by atomic mass is 10.2. The third-order valence-electron chi connectivity index (χ3n) is 2.30. The summed E-state index contributed by atoms with van der Waals surface area (Å²) in [5.74, 6) is -1.45. The van der Waals surface area contributed by atoms with Crippen LogP contribution in [0, 0.1) is 0 Å². The van der Waals surface area contributed by atoms with E-state index in [1.807, 2.05) is 0 Å². The van der Waals surface area contributed by atoms with E-state index < -0.39 is 5.97 Å². The number of nitrogens with two attached hydrogens (primary N) is 1. The summed E-state index contributed by atoms with van der Waals surface area (Å²) in [6, 6.07) is 2.49. The van der Waals surface area contributed by atoms with Gasteiger partial charge in [-0.1, -0.05) is 0 Å². The van der Waals surface area contributed by atoms with Crippen LogP contribution in [0.4, 0.5) is 0 Å². The highest BCUT2D eigenvalue weighted by atomic mass is 16.4. The fourth-order valence-corrected chi connectivity index (χ4v) is 1.41. The van der Waals surface area contributed by atoms with Crippen molar-refractivity contribution in [3.8, 4) is 0 Å². The molecule has 3 N–H and O–H groups in total. The Morgan fingerprint density at radius 2 is 2.00 bits per heavy atom. The monoisotopic (exact) mass is 238 g/mol. The summed E-state index contributed by atoms with van der Waals surface area (Å²) in [6.07, 6.45) is 2.76. The number of amides is 1. The van der Waals surface area contributed by atoms with E-state index in [0.717, 1.165) is 0 Å². The van der Waals surface area contributed by atoms with E-state index in [9.17, 15) is 14.4 Å². The number of pyridine rings is 1. The van der Waals surface area contributed by atoms with Crippen LogP contribution in [0.15, 0.2) is 23.1 Å². The number of carbonyl (C=O) groups excluding carboxylic acids is 1. The molecule has 0 saturated carbocycles. The number of unbranched alkanes of at least 4 members (excludes halogenated alkanes) is 1. The van der Waals surface area contributed by atoms with Crippen LogP contribution in [0.2, 0.25) is 0 Å². The number of hydrogen-bond acceptors (Lipinski definition) is 3. The van der Waals surface area contributed by atoms with Gasteiger partial charge in [0.2, 0.25) is 5.91 Å². The molecule has 0 aromatic carbocycles. The molecule has 0 atom stereocenters. The zero-order valence-corrected chi connectivity index (χ0v) is 9.26. The van der Waals surface area contributed by atoms with Gasteiger partial charge in [0.05, 0.1) is 5.56 Å². The molecule has 0 fully saturated rings. The Kier molecular flexibility index (Phi) is 4.45. The largest absolute Gasteiger partial charge is 0.478 e. The fourth-order valence-electron chi connectivity index (χ4n) is 1.41. The van der Waals surface area contributed by atoms with E-state index in [0.29, 0.717) is 19.4 Å². The van der Waals surface area contributed by atoms with E-state index in [1.165, 1.54) is 22.9 Å². The minimum absolute atomic E-state index is 0.0690. The number of hydrogen-bond donors (Lipinski definition) is 2. The van der Waals surface area contributed by atoms with Crippen molar-refractivity contribution in [3.05, 3.63) is 34.2 Å². The van der Waals surface area contributed by atoms with Crippen molar-refractivity contribution in [1.29, 1.82) is 0 Å². The topological polar surface area (TPSA) is 102 Å². The van der Waals surface area contributed by atoms with Gasteiger partial charge in [0.25, 0.3) is 5.56 Å². The van der Waals surface area contributed by atoms with Crippen molar-refractivity contribution in [3.63, 3.8) is 0 Å². The maximum absolute atomic E-state index is 11.4. The molecule has 17 heavy (non-hydrogen) atoms. The minimum atomic E-state index is -1.07. The predicted octanol–water partition coefficient (Wildman–Crippen LogP) is 0.202. The average Bonchev–Trinajstić information content (AvgIpc) is 2.25. The van der Waals surface area contributed by atoms with Crippen LogP contribution in [-0.4, -0.2) is 21.6 Å². The number of rotatable bonds is 6. The van der Waals surface area contributed by atoms with Crippen molar-refractivity contribution in [2.45, 2.75) is 25.8 Å². The van der Waals surface area contributed by atoms with Gasteiger partial charge >= 0.3 is 5.97 Å². The SMILES string of the molecule is NC(=O)CCCCn1cc(C(=O)O)ccc1=O. The summed E-state index contributed by atoms with van der Waals surface area (Å²) in [5, 5.41) is 8.77. The van der Waals surface area contributed by atoms with Gasteiger partial charge in [0, 0.05) is 25.2 Å². The molecule has 0 bridgehead atoms. The molecule has 6 nitrogen and oxygen atoms in total. The van der Waals surface area contributed by atoms with Gasteiger partial charge in [-0.2, -0.15) is 0 Å². The predicted molar refractivity (Wildman–Crippen MR) is 60.7 cm³/mol. The minimum Gasteiger partial charge on any atom is -0.478 e. The number of primary amides is 1. The summed E-state index contributed by atoms with van der Waals surface area (Å²) in [7, 11) is 0. The van der Waals surface area contributed by atoms with E-state index in [1.54, 1.807) is 0 Å². The van der Waals surface area contributed by atoms with E-state index in [2.05, 4.69) is 0 Å². The molecule has 0 aliphatic carbocycles. The molecule has 1 amide bonds. The lowest BCUT2D eigenvalue weighted by molar-refractivity contribution is -0.118. The Labute approximate surface area is 97.7 Å². The molecule has 0 aliphatic heterocycles. The molecule has 1 rings (SSSR count). The van der Waals surface area contributed by atoms with Gasteiger partial charge in [0.1, 0.15) is 0 Å². The normalized spacial score (nSPS) is 10.1. The lowest BCUT2D eigenvalue weighted by Gasteiger charge is -2.05. The summed E-state index contributed by atoms with van der Waals surface area (Å²) >= 11 is 0. The molecule has 0 saturated heterocycles. The van der Waals surface area contributed by atoms with Crippen LogP contribution < -0.4 is 11.3 Å². The number of carboxylic acids is 1. The molecule has 6 heteroatoms. The number of carbonyl (C=O) groups is 2. The first-order chi connectivity index (χ1) is 8.00. The highest BCUT2D eigenvalue weighted by Crippen LogP contribution is 2.00. The molecule has 92 valence electrons.